The van der Waals surface area contributed by atoms with Crippen LogP contribution in [0.5, 0.6) is 0 Å². The minimum atomic E-state index is -0.509. The highest BCUT2D eigenvalue weighted by Gasteiger charge is 2.27. The number of carbonyl (C=O) groups excluding carboxylic acids is 2. The van der Waals surface area contributed by atoms with Crippen LogP contribution in [0, 0.1) is 23.0 Å². The van der Waals surface area contributed by atoms with Gasteiger partial charge in [-0.3, -0.25) is 19.7 Å². The van der Waals surface area contributed by atoms with Crippen LogP contribution < -0.4 is 10.6 Å². The molecule has 12 heteroatoms. The second-order valence-electron chi connectivity index (χ2n) is 8.35. The number of nitro groups is 1. The van der Waals surface area contributed by atoms with Gasteiger partial charge in [0.25, 0.3) is 11.6 Å². The second-order valence-corrected chi connectivity index (χ2v) is 9.70. The minimum absolute atomic E-state index is 0.00364. The predicted molar refractivity (Wildman–Crippen MR) is 139 cm³/mol. The molecule has 2 aromatic carbocycles. The lowest BCUT2D eigenvalue weighted by Gasteiger charge is -2.22. The second kappa shape index (κ2) is 12.0. The maximum atomic E-state index is 12.9. The first kappa shape index (κ1) is 27.2. The lowest BCUT2D eigenvalue weighted by Crippen LogP contribution is -2.34. The lowest BCUT2D eigenvalue weighted by atomic mass is 10.0. The maximum Gasteiger partial charge on any atom is 0.271 e. The SMILES string of the molecule is CCn1c(SCC(=O)Nc2cc([N+](=O)[O-])ccc2C)nnc1[C@@H](NC(=O)c1ccccc1Cl)C(C)C. The number of nitro benzene ring substituents is 1. The highest BCUT2D eigenvalue weighted by atomic mass is 35.5. The number of non-ortho nitro benzene ring substituents is 1. The molecule has 36 heavy (non-hydrogen) atoms. The Morgan fingerprint density at radius 1 is 1.19 bits per heavy atom. The van der Waals surface area contributed by atoms with Crippen molar-refractivity contribution in [1.29, 1.82) is 0 Å². The number of carbonyl (C=O) groups is 2. The van der Waals surface area contributed by atoms with Gasteiger partial charge in [0.1, 0.15) is 0 Å². The summed E-state index contributed by atoms with van der Waals surface area (Å²) in [6.45, 7) is 8.15. The molecular weight excluding hydrogens is 504 g/mol. The van der Waals surface area contributed by atoms with Crippen molar-refractivity contribution in [2.75, 3.05) is 11.1 Å². The highest BCUT2D eigenvalue weighted by molar-refractivity contribution is 7.99. The molecule has 1 heterocycles. The quantitative estimate of drug-likeness (QED) is 0.213. The van der Waals surface area contributed by atoms with Crippen molar-refractivity contribution in [3.8, 4) is 0 Å². The van der Waals surface area contributed by atoms with E-state index < -0.39 is 11.0 Å². The van der Waals surface area contributed by atoms with Gasteiger partial charge in [-0.1, -0.05) is 55.4 Å². The molecule has 0 saturated heterocycles. The van der Waals surface area contributed by atoms with Gasteiger partial charge in [0.05, 0.1) is 33.0 Å². The molecule has 0 saturated carbocycles. The van der Waals surface area contributed by atoms with Crippen LogP contribution in [-0.4, -0.2) is 37.3 Å². The first-order valence-corrected chi connectivity index (χ1v) is 12.6. The van der Waals surface area contributed by atoms with Gasteiger partial charge in [-0.25, -0.2) is 0 Å². The number of anilines is 1. The maximum absolute atomic E-state index is 12.9. The first-order valence-electron chi connectivity index (χ1n) is 11.3. The van der Waals surface area contributed by atoms with Crippen LogP contribution in [0.3, 0.4) is 0 Å². The van der Waals surface area contributed by atoms with E-state index in [1.54, 1.807) is 37.3 Å². The lowest BCUT2D eigenvalue weighted by molar-refractivity contribution is -0.384. The monoisotopic (exact) mass is 530 g/mol. The van der Waals surface area contributed by atoms with Crippen molar-refractivity contribution in [2.45, 2.75) is 45.4 Å². The molecule has 0 aliphatic carbocycles. The molecule has 1 atom stereocenters. The zero-order chi connectivity index (χ0) is 26.4. The number of hydrogen-bond acceptors (Lipinski definition) is 7. The third-order valence-electron chi connectivity index (χ3n) is 5.45. The Bertz CT molecular complexity index is 1280. The molecule has 0 radical (unpaired) electrons. The van der Waals surface area contributed by atoms with Gasteiger partial charge >= 0.3 is 0 Å². The average molecular weight is 531 g/mol. The Kier molecular flexibility index (Phi) is 9.05. The summed E-state index contributed by atoms with van der Waals surface area (Å²) in [6, 6.07) is 10.7. The minimum Gasteiger partial charge on any atom is -0.342 e. The van der Waals surface area contributed by atoms with E-state index in [1.807, 2.05) is 25.3 Å². The van der Waals surface area contributed by atoms with E-state index in [1.165, 1.54) is 23.9 Å². The number of benzene rings is 2. The molecule has 0 bridgehead atoms. The number of amides is 2. The molecule has 1 aromatic heterocycles. The van der Waals surface area contributed by atoms with Gasteiger partial charge in [0, 0.05) is 18.7 Å². The fourth-order valence-corrected chi connectivity index (χ4v) is 4.53. The largest absolute Gasteiger partial charge is 0.342 e. The van der Waals surface area contributed by atoms with Crippen molar-refractivity contribution in [1.82, 2.24) is 20.1 Å². The van der Waals surface area contributed by atoms with Gasteiger partial charge in [0.15, 0.2) is 11.0 Å². The summed E-state index contributed by atoms with van der Waals surface area (Å²) in [6.07, 6.45) is 0. The molecule has 0 aliphatic rings. The Hall–Kier alpha value is -3.44. The Labute approximate surface area is 218 Å². The number of nitrogens with one attached hydrogen (secondary N) is 2. The van der Waals surface area contributed by atoms with Crippen molar-refractivity contribution in [2.24, 2.45) is 5.92 Å². The van der Waals surface area contributed by atoms with Crippen LogP contribution >= 0.6 is 23.4 Å². The summed E-state index contributed by atoms with van der Waals surface area (Å²) < 4.78 is 1.86. The highest BCUT2D eigenvalue weighted by Crippen LogP contribution is 2.27. The standard InChI is InChI=1S/C24H27ClN6O4S/c1-5-30-22(21(14(2)3)27-23(33)17-8-6-7-9-18(17)25)28-29-24(30)36-13-20(32)26-19-12-16(31(34)35)11-10-15(19)4/h6-12,14,21H,5,13H2,1-4H3,(H,26,32)(H,27,33)/t21-/m0/s1. The number of thioether (sulfide) groups is 1. The van der Waals surface area contributed by atoms with E-state index in [0.717, 1.165) is 0 Å². The molecule has 2 amide bonds. The molecule has 0 unspecified atom stereocenters. The van der Waals surface area contributed by atoms with Crippen LogP contribution in [0.25, 0.3) is 0 Å². The number of aryl methyl sites for hydroxylation is 1. The van der Waals surface area contributed by atoms with Crippen LogP contribution in [0.4, 0.5) is 11.4 Å². The molecule has 3 rings (SSSR count). The zero-order valence-corrected chi connectivity index (χ0v) is 21.9. The van der Waals surface area contributed by atoms with Gasteiger partial charge in [0.2, 0.25) is 5.91 Å². The third kappa shape index (κ3) is 6.41. The number of rotatable bonds is 10. The fourth-order valence-electron chi connectivity index (χ4n) is 3.50. The molecule has 0 aliphatic heterocycles. The summed E-state index contributed by atoms with van der Waals surface area (Å²) in [5.41, 5.74) is 1.37. The molecule has 2 N–H and O–H groups in total. The number of nitrogens with zero attached hydrogens (tertiary/aromatic N) is 4. The molecule has 190 valence electrons. The van der Waals surface area contributed by atoms with Crippen LogP contribution in [0.1, 0.15) is 48.6 Å². The van der Waals surface area contributed by atoms with E-state index in [2.05, 4.69) is 20.8 Å². The Morgan fingerprint density at radius 3 is 2.56 bits per heavy atom. The van der Waals surface area contributed by atoms with E-state index in [-0.39, 0.29) is 29.2 Å². The number of hydrogen-bond donors (Lipinski definition) is 2. The average Bonchev–Trinajstić information content (AvgIpc) is 3.24. The summed E-state index contributed by atoms with van der Waals surface area (Å²) in [7, 11) is 0. The normalized spacial score (nSPS) is 11.8. The van der Waals surface area contributed by atoms with Crippen molar-refractivity contribution >= 4 is 46.6 Å². The van der Waals surface area contributed by atoms with E-state index in [0.29, 0.717) is 39.4 Å². The number of aromatic nitrogens is 3. The Morgan fingerprint density at radius 2 is 1.92 bits per heavy atom. The topological polar surface area (TPSA) is 132 Å². The molecule has 0 fully saturated rings. The summed E-state index contributed by atoms with van der Waals surface area (Å²) in [5.74, 6) is -0.0399. The summed E-state index contributed by atoms with van der Waals surface area (Å²) >= 11 is 7.38. The molecule has 10 nitrogen and oxygen atoms in total. The fraction of sp³-hybridized carbons (Fsp3) is 0.333. The summed E-state index contributed by atoms with van der Waals surface area (Å²) in [4.78, 5) is 36.0. The van der Waals surface area contributed by atoms with Gasteiger partial charge in [-0.15, -0.1) is 10.2 Å². The van der Waals surface area contributed by atoms with Crippen molar-refractivity contribution in [3.05, 3.63) is 74.6 Å². The van der Waals surface area contributed by atoms with Crippen molar-refractivity contribution < 1.29 is 14.5 Å². The number of halogens is 1. The van der Waals surface area contributed by atoms with E-state index in [4.69, 9.17) is 11.6 Å². The van der Waals surface area contributed by atoms with E-state index in [9.17, 15) is 19.7 Å². The van der Waals surface area contributed by atoms with Gasteiger partial charge in [-0.05, 0) is 37.5 Å². The molecular formula is C24H27ClN6O4S. The van der Waals surface area contributed by atoms with E-state index >= 15 is 0 Å². The zero-order valence-electron chi connectivity index (χ0n) is 20.3. The van der Waals surface area contributed by atoms with Gasteiger partial charge < -0.3 is 15.2 Å². The Balaban J connectivity index is 1.73. The third-order valence-corrected chi connectivity index (χ3v) is 6.75. The van der Waals surface area contributed by atoms with Crippen LogP contribution in [0.15, 0.2) is 47.6 Å². The first-order chi connectivity index (χ1) is 17.1. The van der Waals surface area contributed by atoms with Crippen LogP contribution in [-0.2, 0) is 11.3 Å². The van der Waals surface area contributed by atoms with Gasteiger partial charge in [-0.2, -0.15) is 0 Å². The van der Waals surface area contributed by atoms with Crippen molar-refractivity contribution in [3.63, 3.8) is 0 Å². The smallest absolute Gasteiger partial charge is 0.271 e. The summed E-state index contributed by atoms with van der Waals surface area (Å²) in [5, 5.41) is 26.2. The van der Waals surface area contributed by atoms with Crippen LogP contribution in [0.2, 0.25) is 5.02 Å². The molecule has 3 aromatic rings. The predicted octanol–water partition coefficient (Wildman–Crippen LogP) is 5.03. The molecule has 0 spiro atoms.